The molecule has 4 aromatic carbocycles. The van der Waals surface area contributed by atoms with Crippen molar-refractivity contribution < 1.29 is 53.4 Å². The highest BCUT2D eigenvalue weighted by molar-refractivity contribution is 6.30. The molecule has 0 spiro atoms. The normalized spacial score (nSPS) is 13.4. The van der Waals surface area contributed by atoms with Gasteiger partial charge in [-0.05, 0) is 114 Å². The number of hydrogen-bond donors (Lipinski definition) is 10. The number of aliphatic hydroxyl groups is 1. The van der Waals surface area contributed by atoms with Crippen LogP contribution in [0.25, 0.3) is 10.8 Å². The Hall–Kier alpha value is -9.28. The number of phenols is 1. The van der Waals surface area contributed by atoms with Gasteiger partial charge in [0, 0.05) is 82.6 Å². The van der Waals surface area contributed by atoms with E-state index in [1.54, 1.807) is 54.7 Å². The quantitative estimate of drug-likeness (QED) is 0.0248. The van der Waals surface area contributed by atoms with Crippen LogP contribution in [0.5, 0.6) is 5.75 Å². The molecule has 0 aliphatic heterocycles. The van der Waals surface area contributed by atoms with E-state index in [0.29, 0.717) is 53.1 Å². The molecule has 2 aromatic heterocycles. The molecule has 2 heterocycles. The maximum absolute atomic E-state index is 14.9. The Morgan fingerprint density at radius 2 is 1.08 bits per heavy atom. The third-order valence-electron chi connectivity index (χ3n) is 14.9. The van der Waals surface area contributed by atoms with Crippen LogP contribution in [0, 0.1) is 5.92 Å². The van der Waals surface area contributed by atoms with Crippen molar-refractivity contribution in [2.75, 3.05) is 26.7 Å². The van der Waals surface area contributed by atoms with Gasteiger partial charge in [-0.1, -0.05) is 112 Å². The fraction of sp³-hybridized carbons (Fsp3) is 0.388. The van der Waals surface area contributed by atoms with Crippen molar-refractivity contribution in [3.8, 4) is 5.75 Å². The largest absolute Gasteiger partial charge is 0.508 e. The minimum absolute atomic E-state index is 0.0210. The fourth-order valence-electron chi connectivity index (χ4n) is 10.0. The van der Waals surface area contributed by atoms with Crippen LogP contribution in [0.1, 0.15) is 98.8 Å². The summed E-state index contributed by atoms with van der Waals surface area (Å²) in [5, 5.41) is 45.7. The van der Waals surface area contributed by atoms with Crippen molar-refractivity contribution in [2.45, 2.75) is 134 Å². The van der Waals surface area contributed by atoms with Crippen molar-refractivity contribution in [1.82, 2.24) is 57.4 Å². The summed E-state index contributed by atoms with van der Waals surface area (Å²) in [7, 11) is 1.29. The first-order valence-electron chi connectivity index (χ1n) is 30.2. The van der Waals surface area contributed by atoms with E-state index >= 15 is 0 Å². The molecule has 0 saturated carbocycles. The van der Waals surface area contributed by atoms with Crippen LogP contribution in [0.15, 0.2) is 140 Å². The maximum Gasteiger partial charge on any atom is 0.252 e. The molecule has 0 bridgehead atoms. The lowest BCUT2D eigenvalue weighted by atomic mass is 9.99. The number of likely N-dealkylation sites (N-methyl/N-ethyl adjacent to an activating group) is 1. The number of halogens is 1. The molecule has 0 fully saturated rings. The summed E-state index contributed by atoms with van der Waals surface area (Å²) in [6.07, 6.45) is 8.04. The average Bonchev–Trinajstić information content (AvgIpc) is 1.54. The number of nitrogens with zero attached hydrogens (tertiary/aromatic N) is 3. The van der Waals surface area contributed by atoms with Crippen LogP contribution in [0.3, 0.4) is 0 Å². The lowest BCUT2D eigenvalue weighted by molar-refractivity contribution is -0.144. The summed E-state index contributed by atoms with van der Waals surface area (Å²) in [6.45, 7) is 6.67. The number of carbonyl (C=O) groups is 9. The van der Waals surface area contributed by atoms with Crippen LogP contribution in [0.4, 0.5) is 0 Å². The number of rotatable bonds is 34. The Bertz CT molecular complexity index is 3360. The molecular weight excluding hydrogens is 1170 g/mol. The molecule has 0 saturated heterocycles. The molecule has 0 unspecified atom stereocenters. The standard InChI is InChI=1S/C67H82ClN11O11/c1-6-7-31-72-61(84)54(33-42(2)3)75-62(85)53(18-10-11-32-71-60(83)50-17-13-30-70-40-50)74-66(89)59(38-45-22-27-52(82)28-23-45)79(5)67(90)58(41-80)78-65(88)57(37-47-14-12-29-69-39-47)77-64(87)56(35-44-20-25-51(68)26-21-44)76-63(86)55(73-43(4)81)36-46-19-24-48-15-8-9-16-49(48)34-46/h8-9,12-17,19-30,34,39-40,42,53-59,80,82H,6-7,10-11,18,31-33,35-38,41H2,1-5H3,(H,71,83)(H,72,84)(H,73,81)(H,74,89)(H,75,85)(H,76,86)(H,77,87)(H,78,88)/t53-,54+,55-,56-,57-,58+,59+/m1/s1. The van der Waals surface area contributed by atoms with Gasteiger partial charge in [-0.15, -0.1) is 0 Å². The van der Waals surface area contributed by atoms with E-state index in [4.69, 9.17) is 11.6 Å². The summed E-state index contributed by atoms with van der Waals surface area (Å²) in [6, 6.07) is 22.8. The van der Waals surface area contributed by atoms with Crippen LogP contribution in [-0.4, -0.2) is 147 Å². The Kier molecular flexibility index (Phi) is 27.7. The maximum atomic E-state index is 14.9. The number of phenolic OH excluding ortho intramolecular Hbond substituents is 1. The lowest BCUT2D eigenvalue weighted by Crippen LogP contribution is -2.61. The first kappa shape index (κ1) is 69.8. The van der Waals surface area contributed by atoms with E-state index < -0.39 is 96.2 Å². The number of aliphatic hydroxyl groups excluding tert-OH is 1. The highest BCUT2D eigenvalue weighted by atomic mass is 35.5. The summed E-state index contributed by atoms with van der Waals surface area (Å²) >= 11 is 6.23. The van der Waals surface area contributed by atoms with Gasteiger partial charge in [-0.3, -0.25) is 53.1 Å². The van der Waals surface area contributed by atoms with E-state index in [9.17, 15) is 53.4 Å². The Morgan fingerprint density at radius 1 is 0.533 bits per heavy atom. The SMILES string of the molecule is CCCCNC(=O)[C@H](CC(C)C)NC(=O)[C@@H](CCCCNC(=O)c1cccnc1)NC(=O)[C@H](Cc1ccc(O)cc1)N(C)C(=O)[C@H](CO)NC(=O)[C@@H](Cc1cccnc1)NC(=O)[C@@H](Cc1ccc(Cl)cc1)NC(=O)[C@@H](Cc1ccc2ccccc2c1)NC(C)=O. The second-order valence-corrected chi connectivity index (χ2v) is 23.1. The summed E-state index contributed by atoms with van der Waals surface area (Å²) in [5.41, 5.74) is 2.62. The number of hydrogen-bond acceptors (Lipinski definition) is 13. The zero-order valence-electron chi connectivity index (χ0n) is 51.4. The molecule has 0 aliphatic rings. The molecule has 9 amide bonds. The topological polar surface area (TPSA) is 319 Å². The molecule has 10 N–H and O–H groups in total. The molecule has 90 heavy (non-hydrogen) atoms. The number of benzene rings is 4. The van der Waals surface area contributed by atoms with Gasteiger partial charge in [0.05, 0.1) is 12.2 Å². The highest BCUT2D eigenvalue weighted by Gasteiger charge is 2.37. The summed E-state index contributed by atoms with van der Waals surface area (Å²) < 4.78 is 0. The zero-order chi connectivity index (χ0) is 65.1. The van der Waals surface area contributed by atoms with Crippen LogP contribution < -0.4 is 42.5 Å². The Morgan fingerprint density at radius 3 is 1.69 bits per heavy atom. The number of unbranched alkanes of at least 4 members (excludes halogenated alkanes) is 2. The van der Waals surface area contributed by atoms with Gasteiger partial charge in [0.1, 0.15) is 48.0 Å². The van der Waals surface area contributed by atoms with Crippen LogP contribution in [-0.2, 0) is 64.0 Å². The van der Waals surface area contributed by atoms with E-state index in [1.165, 1.54) is 56.8 Å². The molecule has 6 aromatic rings. The second-order valence-electron chi connectivity index (χ2n) is 22.6. The first-order valence-corrected chi connectivity index (χ1v) is 30.6. The van der Waals surface area contributed by atoms with E-state index in [1.807, 2.05) is 63.2 Å². The van der Waals surface area contributed by atoms with Crippen molar-refractivity contribution in [1.29, 1.82) is 0 Å². The summed E-state index contributed by atoms with van der Waals surface area (Å²) in [5.74, 6) is -6.27. The van der Waals surface area contributed by atoms with Gasteiger partial charge < -0.3 is 57.6 Å². The summed E-state index contributed by atoms with van der Waals surface area (Å²) in [4.78, 5) is 136. The minimum Gasteiger partial charge on any atom is -0.508 e. The molecule has 23 heteroatoms. The Balaban J connectivity index is 1.26. The molecule has 6 rings (SSSR count). The van der Waals surface area contributed by atoms with Crippen molar-refractivity contribution in [3.63, 3.8) is 0 Å². The monoisotopic (exact) mass is 1250 g/mol. The van der Waals surface area contributed by atoms with Crippen molar-refractivity contribution >= 4 is 75.5 Å². The third kappa shape index (κ3) is 22.4. The van der Waals surface area contributed by atoms with E-state index in [2.05, 4.69) is 52.5 Å². The molecule has 478 valence electrons. The predicted octanol–water partition coefficient (Wildman–Crippen LogP) is 4.57. The molecule has 7 atom stereocenters. The van der Waals surface area contributed by atoms with Crippen molar-refractivity contribution in [2.24, 2.45) is 5.92 Å². The number of carbonyl (C=O) groups excluding carboxylic acids is 9. The predicted molar refractivity (Wildman–Crippen MR) is 341 cm³/mol. The van der Waals surface area contributed by atoms with Gasteiger partial charge >= 0.3 is 0 Å². The number of aromatic nitrogens is 2. The number of nitrogens with one attached hydrogen (secondary N) is 8. The van der Waals surface area contributed by atoms with Crippen LogP contribution >= 0.6 is 11.6 Å². The number of pyridine rings is 2. The van der Waals surface area contributed by atoms with Gasteiger partial charge in [0.2, 0.25) is 47.3 Å². The van der Waals surface area contributed by atoms with Gasteiger partial charge in [-0.25, -0.2) is 0 Å². The first-order chi connectivity index (χ1) is 43.2. The number of aromatic hydroxyl groups is 1. The molecule has 22 nitrogen and oxygen atoms in total. The van der Waals surface area contributed by atoms with Crippen molar-refractivity contribution in [3.05, 3.63) is 173 Å². The lowest BCUT2D eigenvalue weighted by Gasteiger charge is -2.32. The molecule has 0 aliphatic carbocycles. The minimum atomic E-state index is -1.74. The third-order valence-corrected chi connectivity index (χ3v) is 15.2. The molecular formula is C67H82ClN11O11. The van der Waals surface area contributed by atoms with E-state index in [-0.39, 0.29) is 62.6 Å². The van der Waals surface area contributed by atoms with E-state index in [0.717, 1.165) is 27.7 Å². The average molecular weight is 1250 g/mol. The van der Waals surface area contributed by atoms with Gasteiger partial charge in [0.15, 0.2) is 0 Å². The smallest absolute Gasteiger partial charge is 0.252 e. The second kappa shape index (κ2) is 35.6. The number of fused-ring (bicyclic) bond motifs is 1. The van der Waals surface area contributed by atoms with Crippen LogP contribution in [0.2, 0.25) is 5.02 Å². The molecule has 0 radical (unpaired) electrons. The fourth-order valence-corrected chi connectivity index (χ4v) is 10.2. The Labute approximate surface area is 529 Å². The van der Waals surface area contributed by atoms with Gasteiger partial charge in [-0.2, -0.15) is 0 Å². The number of amides is 9. The highest BCUT2D eigenvalue weighted by Crippen LogP contribution is 2.20. The van der Waals surface area contributed by atoms with Gasteiger partial charge in [0.25, 0.3) is 5.91 Å². The zero-order valence-corrected chi connectivity index (χ0v) is 52.1.